The molecule has 1 aromatic heterocycles. The highest BCUT2D eigenvalue weighted by Gasteiger charge is 2.20. The SMILES string of the molecule is Cc1ccc(N(C)Cc2cc(CNC3CC3)no2)c(C)c1. The Hall–Kier alpha value is -1.81. The molecule has 1 aliphatic carbocycles. The van der Waals surface area contributed by atoms with Crippen LogP contribution in [-0.4, -0.2) is 18.2 Å². The zero-order valence-electron chi connectivity index (χ0n) is 13.0. The minimum absolute atomic E-state index is 0.697. The quantitative estimate of drug-likeness (QED) is 0.885. The Morgan fingerprint density at radius 2 is 2.10 bits per heavy atom. The van der Waals surface area contributed by atoms with E-state index in [1.165, 1.54) is 29.7 Å². The van der Waals surface area contributed by atoms with E-state index in [-0.39, 0.29) is 0 Å². The van der Waals surface area contributed by atoms with Crippen LogP contribution in [0.2, 0.25) is 0 Å². The van der Waals surface area contributed by atoms with Crippen molar-refractivity contribution in [3.63, 3.8) is 0 Å². The number of anilines is 1. The summed E-state index contributed by atoms with van der Waals surface area (Å²) in [6, 6.07) is 9.26. The molecule has 0 radical (unpaired) electrons. The standard InChI is InChI=1S/C17H23N3O/c1-12-4-7-17(13(2)8-12)20(3)11-16-9-15(19-21-16)10-18-14-5-6-14/h4,7-9,14,18H,5-6,10-11H2,1-3H3. The molecule has 1 aliphatic rings. The maximum atomic E-state index is 5.44. The van der Waals surface area contributed by atoms with Crippen LogP contribution in [0.1, 0.15) is 35.4 Å². The number of aryl methyl sites for hydroxylation is 2. The molecule has 4 heteroatoms. The third-order valence-electron chi connectivity index (χ3n) is 3.91. The second kappa shape index (κ2) is 5.90. The lowest BCUT2D eigenvalue weighted by Crippen LogP contribution is -2.17. The van der Waals surface area contributed by atoms with Gasteiger partial charge in [-0.15, -0.1) is 0 Å². The molecule has 1 N–H and O–H groups in total. The third kappa shape index (κ3) is 3.64. The average molecular weight is 285 g/mol. The van der Waals surface area contributed by atoms with Gasteiger partial charge >= 0.3 is 0 Å². The van der Waals surface area contributed by atoms with Crippen molar-refractivity contribution in [3.8, 4) is 0 Å². The monoisotopic (exact) mass is 285 g/mol. The van der Waals surface area contributed by atoms with Crippen LogP contribution in [0.15, 0.2) is 28.8 Å². The second-order valence-electron chi connectivity index (χ2n) is 6.09. The third-order valence-corrected chi connectivity index (χ3v) is 3.91. The number of aromatic nitrogens is 1. The first-order chi connectivity index (χ1) is 10.1. The summed E-state index contributed by atoms with van der Waals surface area (Å²) >= 11 is 0. The molecular formula is C17H23N3O. The number of nitrogens with one attached hydrogen (secondary N) is 1. The van der Waals surface area contributed by atoms with Crippen LogP contribution in [0.25, 0.3) is 0 Å². The van der Waals surface area contributed by atoms with E-state index >= 15 is 0 Å². The van der Waals surface area contributed by atoms with Gasteiger partial charge < -0.3 is 14.7 Å². The number of hydrogen-bond donors (Lipinski definition) is 1. The van der Waals surface area contributed by atoms with Gasteiger partial charge in [0.05, 0.1) is 12.2 Å². The van der Waals surface area contributed by atoms with Crippen molar-refractivity contribution in [1.29, 1.82) is 0 Å². The molecule has 0 amide bonds. The highest BCUT2D eigenvalue weighted by Crippen LogP contribution is 2.22. The van der Waals surface area contributed by atoms with Gasteiger partial charge in [0.2, 0.25) is 0 Å². The van der Waals surface area contributed by atoms with Crippen LogP contribution < -0.4 is 10.2 Å². The Kier molecular flexibility index (Phi) is 3.97. The van der Waals surface area contributed by atoms with Crippen LogP contribution >= 0.6 is 0 Å². The van der Waals surface area contributed by atoms with Crippen molar-refractivity contribution in [3.05, 3.63) is 46.8 Å². The van der Waals surface area contributed by atoms with E-state index in [0.717, 1.165) is 24.5 Å². The average Bonchev–Trinajstić information content (AvgIpc) is 3.16. The van der Waals surface area contributed by atoms with Crippen molar-refractivity contribution in [2.45, 2.75) is 45.8 Å². The van der Waals surface area contributed by atoms with Crippen molar-refractivity contribution in [1.82, 2.24) is 10.5 Å². The smallest absolute Gasteiger partial charge is 0.156 e. The van der Waals surface area contributed by atoms with E-state index in [4.69, 9.17) is 4.52 Å². The van der Waals surface area contributed by atoms with E-state index in [1.54, 1.807) is 0 Å². The molecule has 3 rings (SSSR count). The fraction of sp³-hybridized carbons (Fsp3) is 0.471. The van der Waals surface area contributed by atoms with Crippen LogP contribution in [0, 0.1) is 13.8 Å². The van der Waals surface area contributed by atoms with E-state index < -0.39 is 0 Å². The Balaban J connectivity index is 1.62. The van der Waals surface area contributed by atoms with E-state index in [1.807, 2.05) is 0 Å². The predicted molar refractivity (Wildman–Crippen MR) is 84.4 cm³/mol. The zero-order valence-corrected chi connectivity index (χ0v) is 13.0. The zero-order chi connectivity index (χ0) is 14.8. The van der Waals surface area contributed by atoms with Crippen LogP contribution in [-0.2, 0) is 13.1 Å². The molecular weight excluding hydrogens is 262 g/mol. The molecule has 2 aromatic rings. The first-order valence-corrected chi connectivity index (χ1v) is 7.58. The van der Waals surface area contributed by atoms with Gasteiger partial charge in [0, 0.05) is 31.4 Å². The molecule has 112 valence electrons. The minimum Gasteiger partial charge on any atom is -0.367 e. The lowest BCUT2D eigenvalue weighted by molar-refractivity contribution is 0.375. The summed E-state index contributed by atoms with van der Waals surface area (Å²) in [6.07, 6.45) is 2.58. The highest BCUT2D eigenvalue weighted by atomic mass is 16.5. The fourth-order valence-corrected chi connectivity index (χ4v) is 2.60. The molecule has 4 nitrogen and oxygen atoms in total. The van der Waals surface area contributed by atoms with Gasteiger partial charge in [0.25, 0.3) is 0 Å². The van der Waals surface area contributed by atoms with Crippen molar-refractivity contribution >= 4 is 5.69 Å². The van der Waals surface area contributed by atoms with Gasteiger partial charge in [-0.25, -0.2) is 0 Å². The van der Waals surface area contributed by atoms with Gasteiger partial charge in [-0.1, -0.05) is 22.9 Å². The van der Waals surface area contributed by atoms with Gasteiger partial charge in [-0.05, 0) is 38.3 Å². The summed E-state index contributed by atoms with van der Waals surface area (Å²) < 4.78 is 5.44. The maximum Gasteiger partial charge on any atom is 0.156 e. The van der Waals surface area contributed by atoms with Crippen LogP contribution in [0.3, 0.4) is 0 Å². The van der Waals surface area contributed by atoms with Crippen LogP contribution in [0.5, 0.6) is 0 Å². The summed E-state index contributed by atoms with van der Waals surface area (Å²) in [5, 5.41) is 7.59. The van der Waals surface area contributed by atoms with E-state index in [0.29, 0.717) is 6.04 Å². The molecule has 1 heterocycles. The largest absolute Gasteiger partial charge is 0.367 e. The number of benzene rings is 1. The summed E-state index contributed by atoms with van der Waals surface area (Å²) in [7, 11) is 2.09. The molecule has 1 saturated carbocycles. The van der Waals surface area contributed by atoms with Gasteiger partial charge in [0.1, 0.15) is 0 Å². The molecule has 0 aliphatic heterocycles. The summed E-state index contributed by atoms with van der Waals surface area (Å²) in [5.41, 5.74) is 4.80. The molecule has 0 saturated heterocycles. The predicted octanol–water partition coefficient (Wildman–Crippen LogP) is 3.18. The van der Waals surface area contributed by atoms with Crippen molar-refractivity contribution < 1.29 is 4.52 Å². The first kappa shape index (κ1) is 14.1. The maximum absolute atomic E-state index is 5.44. The lowest BCUT2D eigenvalue weighted by atomic mass is 10.1. The molecule has 1 aromatic carbocycles. The minimum atomic E-state index is 0.697. The highest BCUT2D eigenvalue weighted by molar-refractivity contribution is 5.53. The molecule has 1 fully saturated rings. The fourth-order valence-electron chi connectivity index (χ4n) is 2.60. The Morgan fingerprint density at radius 1 is 1.29 bits per heavy atom. The van der Waals surface area contributed by atoms with Crippen molar-refractivity contribution in [2.24, 2.45) is 0 Å². The topological polar surface area (TPSA) is 41.3 Å². The molecule has 0 unspecified atom stereocenters. The molecule has 0 spiro atoms. The summed E-state index contributed by atoms with van der Waals surface area (Å²) in [5.74, 6) is 0.907. The second-order valence-corrected chi connectivity index (χ2v) is 6.09. The number of nitrogens with zero attached hydrogens (tertiary/aromatic N) is 2. The first-order valence-electron chi connectivity index (χ1n) is 7.58. The normalized spacial score (nSPS) is 14.4. The summed E-state index contributed by atoms with van der Waals surface area (Å²) in [6.45, 7) is 5.80. The molecule has 21 heavy (non-hydrogen) atoms. The summed E-state index contributed by atoms with van der Waals surface area (Å²) in [4.78, 5) is 2.20. The van der Waals surface area contributed by atoms with Gasteiger partial charge in [0.15, 0.2) is 5.76 Å². The van der Waals surface area contributed by atoms with E-state index in [2.05, 4.69) is 60.5 Å². The van der Waals surface area contributed by atoms with Gasteiger partial charge in [-0.2, -0.15) is 0 Å². The molecule has 0 atom stereocenters. The number of rotatable bonds is 6. The Morgan fingerprint density at radius 3 is 2.81 bits per heavy atom. The number of hydrogen-bond acceptors (Lipinski definition) is 4. The Labute approximate surface area is 126 Å². The van der Waals surface area contributed by atoms with Crippen LogP contribution in [0.4, 0.5) is 5.69 Å². The lowest BCUT2D eigenvalue weighted by Gasteiger charge is -2.20. The van der Waals surface area contributed by atoms with Gasteiger partial charge in [-0.3, -0.25) is 0 Å². The Bertz CT molecular complexity index is 616. The van der Waals surface area contributed by atoms with Crippen molar-refractivity contribution in [2.75, 3.05) is 11.9 Å². The molecule has 0 bridgehead atoms. The van der Waals surface area contributed by atoms with E-state index in [9.17, 15) is 0 Å².